The van der Waals surface area contributed by atoms with Gasteiger partial charge < -0.3 is 9.47 Å². The van der Waals surface area contributed by atoms with Crippen molar-refractivity contribution >= 4 is 11.6 Å². The van der Waals surface area contributed by atoms with E-state index in [0.29, 0.717) is 17.2 Å². The maximum Gasteiger partial charge on any atom is 0.173 e. The lowest BCUT2D eigenvalue weighted by molar-refractivity contribution is -0.166. The van der Waals surface area contributed by atoms with E-state index in [1.807, 2.05) is 0 Å². The SMILES string of the molecule is ClC1C2CCC3(OCCO3)C12. The quantitative estimate of drug-likeness (QED) is 0.517. The molecule has 3 rings (SSSR count). The Morgan fingerprint density at radius 2 is 2.00 bits per heavy atom. The molecule has 0 N–H and O–H groups in total. The van der Waals surface area contributed by atoms with Crippen LogP contribution in [-0.4, -0.2) is 24.4 Å². The van der Waals surface area contributed by atoms with E-state index < -0.39 is 0 Å². The highest BCUT2D eigenvalue weighted by Crippen LogP contribution is 2.62. The van der Waals surface area contributed by atoms with Crippen molar-refractivity contribution in [2.45, 2.75) is 24.0 Å². The van der Waals surface area contributed by atoms with Crippen LogP contribution in [0.5, 0.6) is 0 Å². The molecule has 2 saturated carbocycles. The van der Waals surface area contributed by atoms with Gasteiger partial charge in [-0.2, -0.15) is 0 Å². The Bertz CT molecular complexity index is 183. The van der Waals surface area contributed by atoms with Crippen molar-refractivity contribution in [1.29, 1.82) is 0 Å². The van der Waals surface area contributed by atoms with Crippen LogP contribution in [0.25, 0.3) is 0 Å². The van der Waals surface area contributed by atoms with Crippen molar-refractivity contribution in [3.63, 3.8) is 0 Å². The molecule has 0 bridgehead atoms. The Kier molecular flexibility index (Phi) is 1.17. The fourth-order valence-electron chi connectivity index (χ4n) is 2.58. The summed E-state index contributed by atoms with van der Waals surface area (Å²) < 4.78 is 11.2. The van der Waals surface area contributed by atoms with E-state index in [2.05, 4.69) is 0 Å². The second kappa shape index (κ2) is 1.93. The zero-order valence-corrected chi connectivity index (χ0v) is 7.01. The highest BCUT2D eigenvalue weighted by atomic mass is 35.5. The number of rotatable bonds is 0. The molecule has 3 unspecified atom stereocenters. The van der Waals surface area contributed by atoms with E-state index in [4.69, 9.17) is 21.1 Å². The van der Waals surface area contributed by atoms with Crippen LogP contribution in [0.1, 0.15) is 12.8 Å². The van der Waals surface area contributed by atoms with Crippen LogP contribution < -0.4 is 0 Å². The molecule has 11 heavy (non-hydrogen) atoms. The minimum absolute atomic E-state index is 0.239. The Labute approximate surface area is 70.8 Å². The summed E-state index contributed by atoms with van der Waals surface area (Å²) in [4.78, 5) is 0. The molecule has 1 saturated heterocycles. The van der Waals surface area contributed by atoms with Gasteiger partial charge in [0.25, 0.3) is 0 Å². The minimum atomic E-state index is -0.239. The molecule has 0 radical (unpaired) electrons. The second-order valence-corrected chi connectivity index (χ2v) is 4.19. The van der Waals surface area contributed by atoms with Gasteiger partial charge in [0.15, 0.2) is 5.79 Å². The van der Waals surface area contributed by atoms with Crippen molar-refractivity contribution in [2.75, 3.05) is 13.2 Å². The van der Waals surface area contributed by atoms with Gasteiger partial charge in [0.2, 0.25) is 0 Å². The summed E-state index contributed by atoms with van der Waals surface area (Å²) in [6.07, 6.45) is 2.25. The van der Waals surface area contributed by atoms with Crippen molar-refractivity contribution < 1.29 is 9.47 Å². The summed E-state index contributed by atoms with van der Waals surface area (Å²) in [7, 11) is 0. The summed E-state index contributed by atoms with van der Waals surface area (Å²) in [5.41, 5.74) is 0. The molecular formula is C8H11ClO2. The van der Waals surface area contributed by atoms with Crippen LogP contribution in [0.15, 0.2) is 0 Å². The third-order valence-electron chi connectivity index (χ3n) is 3.18. The molecule has 3 atom stereocenters. The zero-order chi connectivity index (χ0) is 7.47. The molecule has 1 spiro atoms. The summed E-state index contributed by atoms with van der Waals surface area (Å²) in [6.45, 7) is 1.51. The fourth-order valence-corrected chi connectivity index (χ4v) is 3.16. The van der Waals surface area contributed by atoms with Gasteiger partial charge >= 0.3 is 0 Å². The van der Waals surface area contributed by atoms with Gasteiger partial charge in [0.05, 0.1) is 13.2 Å². The van der Waals surface area contributed by atoms with Gasteiger partial charge in [-0.05, 0) is 12.3 Å². The highest BCUT2D eigenvalue weighted by Gasteiger charge is 2.67. The molecule has 0 aromatic carbocycles. The van der Waals surface area contributed by atoms with E-state index in [1.54, 1.807) is 0 Å². The molecule has 3 heteroatoms. The number of halogens is 1. The van der Waals surface area contributed by atoms with Gasteiger partial charge in [-0.1, -0.05) is 0 Å². The van der Waals surface area contributed by atoms with Gasteiger partial charge in [0.1, 0.15) is 0 Å². The molecule has 0 amide bonds. The summed E-state index contributed by atoms with van der Waals surface area (Å²) in [5.74, 6) is 0.957. The van der Waals surface area contributed by atoms with Crippen molar-refractivity contribution in [3.8, 4) is 0 Å². The van der Waals surface area contributed by atoms with Crippen LogP contribution in [-0.2, 0) is 9.47 Å². The first-order valence-electron chi connectivity index (χ1n) is 4.25. The molecule has 1 aliphatic heterocycles. The van der Waals surface area contributed by atoms with Crippen LogP contribution in [0.3, 0.4) is 0 Å². The molecule has 1 heterocycles. The molecule has 62 valence electrons. The first-order valence-corrected chi connectivity index (χ1v) is 4.69. The number of ether oxygens (including phenoxy) is 2. The molecular weight excluding hydrogens is 164 g/mol. The zero-order valence-electron chi connectivity index (χ0n) is 6.25. The fraction of sp³-hybridized carbons (Fsp3) is 1.00. The third-order valence-corrected chi connectivity index (χ3v) is 3.78. The molecule has 2 nitrogen and oxygen atoms in total. The van der Waals surface area contributed by atoms with Crippen molar-refractivity contribution in [3.05, 3.63) is 0 Å². The van der Waals surface area contributed by atoms with Gasteiger partial charge in [-0.3, -0.25) is 0 Å². The Hall–Kier alpha value is 0.210. The monoisotopic (exact) mass is 174 g/mol. The standard InChI is InChI=1S/C8H11ClO2/c9-7-5-1-2-8(6(5)7)10-3-4-11-8/h5-7H,1-4H2. The molecule has 3 aliphatic rings. The maximum atomic E-state index is 6.06. The van der Waals surface area contributed by atoms with Crippen LogP contribution >= 0.6 is 11.6 Å². The first-order chi connectivity index (χ1) is 5.33. The lowest BCUT2D eigenvalue weighted by Gasteiger charge is -2.23. The van der Waals surface area contributed by atoms with Crippen LogP contribution in [0.4, 0.5) is 0 Å². The average molecular weight is 175 g/mol. The second-order valence-electron chi connectivity index (χ2n) is 3.68. The first kappa shape index (κ1) is 6.70. The van der Waals surface area contributed by atoms with E-state index in [-0.39, 0.29) is 5.79 Å². The van der Waals surface area contributed by atoms with Gasteiger partial charge in [-0.25, -0.2) is 0 Å². The lowest BCUT2D eigenvalue weighted by atomic mass is 10.1. The maximum absolute atomic E-state index is 6.06. The van der Waals surface area contributed by atoms with Gasteiger partial charge in [0, 0.05) is 17.7 Å². The number of hydrogen-bond donors (Lipinski definition) is 0. The Balaban J connectivity index is 1.87. The van der Waals surface area contributed by atoms with Crippen LogP contribution in [0.2, 0.25) is 0 Å². The van der Waals surface area contributed by atoms with E-state index in [1.165, 1.54) is 6.42 Å². The van der Waals surface area contributed by atoms with E-state index in [9.17, 15) is 0 Å². The largest absolute Gasteiger partial charge is 0.347 e. The lowest BCUT2D eigenvalue weighted by Crippen LogP contribution is -2.31. The Morgan fingerprint density at radius 3 is 2.55 bits per heavy atom. The van der Waals surface area contributed by atoms with Crippen molar-refractivity contribution in [1.82, 2.24) is 0 Å². The average Bonchev–Trinajstić information content (AvgIpc) is 2.52. The summed E-state index contributed by atoms with van der Waals surface area (Å²) >= 11 is 6.06. The van der Waals surface area contributed by atoms with E-state index in [0.717, 1.165) is 19.6 Å². The van der Waals surface area contributed by atoms with Crippen LogP contribution in [0, 0.1) is 11.8 Å². The topological polar surface area (TPSA) is 18.5 Å². The molecule has 0 aromatic rings. The van der Waals surface area contributed by atoms with E-state index >= 15 is 0 Å². The number of hydrogen-bond acceptors (Lipinski definition) is 2. The minimum Gasteiger partial charge on any atom is -0.347 e. The summed E-state index contributed by atoms with van der Waals surface area (Å²) in [6, 6.07) is 0. The summed E-state index contributed by atoms with van der Waals surface area (Å²) in [5, 5.41) is 0.335. The third kappa shape index (κ3) is 0.707. The molecule has 0 aromatic heterocycles. The number of fused-ring (bicyclic) bond motifs is 2. The van der Waals surface area contributed by atoms with Crippen molar-refractivity contribution in [2.24, 2.45) is 11.8 Å². The highest BCUT2D eigenvalue weighted by molar-refractivity contribution is 6.23. The smallest absolute Gasteiger partial charge is 0.173 e. The Morgan fingerprint density at radius 1 is 1.27 bits per heavy atom. The normalized spacial score (nSPS) is 51.5. The molecule has 2 aliphatic carbocycles. The molecule has 3 fully saturated rings. The predicted molar refractivity (Wildman–Crippen MR) is 40.5 cm³/mol. The predicted octanol–water partition coefficient (Wildman–Crippen LogP) is 1.38. The van der Waals surface area contributed by atoms with Gasteiger partial charge in [-0.15, -0.1) is 11.6 Å². The number of alkyl halides is 1.